The van der Waals surface area contributed by atoms with Crippen molar-refractivity contribution < 1.29 is 13.2 Å². The lowest BCUT2D eigenvalue weighted by molar-refractivity contribution is 0.244. The molecular formula is C21H24N2O3S. The monoisotopic (exact) mass is 384 g/mol. The van der Waals surface area contributed by atoms with Crippen LogP contribution in [0.3, 0.4) is 0 Å². The summed E-state index contributed by atoms with van der Waals surface area (Å²) in [6.07, 6.45) is -0.0594. The lowest BCUT2D eigenvalue weighted by Crippen LogP contribution is -2.16. The predicted molar refractivity (Wildman–Crippen MR) is 111 cm³/mol. The van der Waals surface area contributed by atoms with Crippen molar-refractivity contribution >= 4 is 32.2 Å². The number of fused-ring (bicyclic) bond motifs is 1. The summed E-state index contributed by atoms with van der Waals surface area (Å²) in [5, 5.41) is 1.57. The highest BCUT2D eigenvalue weighted by molar-refractivity contribution is 7.93. The highest BCUT2D eigenvalue weighted by atomic mass is 32.2. The predicted octanol–water partition coefficient (Wildman–Crippen LogP) is 4.49. The number of hydrogen-bond acceptors (Lipinski definition) is 4. The minimum atomic E-state index is -3.79. The van der Waals surface area contributed by atoms with Crippen molar-refractivity contribution in [2.45, 2.75) is 24.8 Å². The lowest BCUT2D eigenvalue weighted by atomic mass is 10.1. The van der Waals surface area contributed by atoms with E-state index in [1.165, 1.54) is 0 Å². The largest absolute Gasteiger partial charge is 0.489 e. The first-order valence-corrected chi connectivity index (χ1v) is 10.3. The van der Waals surface area contributed by atoms with Gasteiger partial charge >= 0.3 is 0 Å². The molecule has 5 nitrogen and oxygen atoms in total. The van der Waals surface area contributed by atoms with E-state index >= 15 is 0 Å². The van der Waals surface area contributed by atoms with E-state index in [4.69, 9.17) is 4.74 Å². The summed E-state index contributed by atoms with van der Waals surface area (Å²) in [6, 6.07) is 18.0. The van der Waals surface area contributed by atoms with Crippen molar-refractivity contribution in [1.82, 2.24) is 0 Å². The van der Waals surface area contributed by atoms with E-state index in [-0.39, 0.29) is 11.0 Å². The molecule has 0 spiro atoms. The molecular weight excluding hydrogens is 360 g/mol. The number of nitrogens with one attached hydrogen (secondary N) is 1. The number of hydrogen-bond donors (Lipinski definition) is 1. The van der Waals surface area contributed by atoms with Crippen LogP contribution >= 0.6 is 0 Å². The molecule has 0 atom stereocenters. The third kappa shape index (κ3) is 4.01. The number of rotatable bonds is 6. The molecule has 3 aromatic carbocycles. The average molecular weight is 385 g/mol. The molecule has 0 unspecified atom stereocenters. The zero-order chi connectivity index (χ0) is 19.6. The molecule has 27 heavy (non-hydrogen) atoms. The number of nitrogens with zero attached hydrogens (tertiary/aromatic N) is 1. The van der Waals surface area contributed by atoms with Crippen LogP contribution in [0.2, 0.25) is 0 Å². The zero-order valence-corrected chi connectivity index (χ0v) is 16.7. The SMILES string of the molecule is CC(C)Oc1ccccc1NS(=O)(=O)c1cccc2c(N(C)C)cccc12. The fourth-order valence-corrected chi connectivity index (χ4v) is 4.29. The number of ether oxygens (including phenoxy) is 1. The van der Waals surface area contributed by atoms with Crippen molar-refractivity contribution in [2.75, 3.05) is 23.7 Å². The van der Waals surface area contributed by atoms with Gasteiger partial charge in [-0.2, -0.15) is 0 Å². The van der Waals surface area contributed by atoms with Crippen LogP contribution in [0.25, 0.3) is 10.8 Å². The highest BCUT2D eigenvalue weighted by Gasteiger charge is 2.20. The maximum atomic E-state index is 13.2. The van der Waals surface area contributed by atoms with Crippen molar-refractivity contribution in [1.29, 1.82) is 0 Å². The van der Waals surface area contributed by atoms with Gasteiger partial charge in [-0.05, 0) is 38.1 Å². The van der Waals surface area contributed by atoms with Crippen molar-refractivity contribution in [2.24, 2.45) is 0 Å². The van der Waals surface area contributed by atoms with Crippen LogP contribution in [-0.4, -0.2) is 28.6 Å². The van der Waals surface area contributed by atoms with E-state index in [2.05, 4.69) is 4.72 Å². The van der Waals surface area contributed by atoms with Gasteiger partial charge in [-0.15, -0.1) is 0 Å². The molecule has 0 amide bonds. The summed E-state index contributed by atoms with van der Waals surface area (Å²) in [6.45, 7) is 3.80. The maximum absolute atomic E-state index is 13.2. The molecule has 0 aromatic heterocycles. The summed E-state index contributed by atoms with van der Waals surface area (Å²) >= 11 is 0. The van der Waals surface area contributed by atoms with Gasteiger partial charge in [0, 0.05) is 30.6 Å². The Morgan fingerprint density at radius 3 is 2.26 bits per heavy atom. The summed E-state index contributed by atoms with van der Waals surface area (Å²) in [5.74, 6) is 0.505. The van der Waals surface area contributed by atoms with Crippen molar-refractivity contribution in [3.05, 3.63) is 60.7 Å². The number of anilines is 2. The molecule has 0 heterocycles. The number of sulfonamides is 1. The Morgan fingerprint density at radius 2 is 1.56 bits per heavy atom. The molecule has 0 radical (unpaired) electrons. The van der Waals surface area contributed by atoms with Gasteiger partial charge in [-0.3, -0.25) is 4.72 Å². The standard InChI is InChI=1S/C21H24N2O3S/c1-15(2)26-20-13-6-5-11-18(20)22-27(24,25)21-14-8-9-16-17(21)10-7-12-19(16)23(3)4/h5-15,22H,1-4H3. The normalized spacial score (nSPS) is 11.6. The van der Waals surface area contributed by atoms with Crippen LogP contribution in [0.4, 0.5) is 11.4 Å². The maximum Gasteiger partial charge on any atom is 0.262 e. The number of para-hydroxylation sites is 2. The molecule has 142 valence electrons. The van der Waals surface area contributed by atoms with Gasteiger partial charge in [0.1, 0.15) is 5.75 Å². The Balaban J connectivity index is 2.08. The van der Waals surface area contributed by atoms with E-state index in [0.29, 0.717) is 16.8 Å². The highest BCUT2D eigenvalue weighted by Crippen LogP contribution is 2.33. The molecule has 0 aliphatic rings. The molecule has 6 heteroatoms. The quantitative estimate of drug-likeness (QED) is 0.680. The van der Waals surface area contributed by atoms with E-state index in [9.17, 15) is 8.42 Å². The van der Waals surface area contributed by atoms with E-state index < -0.39 is 10.0 Å². The Morgan fingerprint density at radius 1 is 0.889 bits per heavy atom. The smallest absolute Gasteiger partial charge is 0.262 e. The third-order valence-corrected chi connectivity index (χ3v) is 5.55. The van der Waals surface area contributed by atoms with Crippen LogP contribution < -0.4 is 14.4 Å². The fourth-order valence-electron chi connectivity index (χ4n) is 3.00. The Labute approximate surface area is 160 Å². The molecule has 0 aliphatic carbocycles. The second-order valence-electron chi connectivity index (χ2n) is 6.79. The summed E-state index contributed by atoms with van der Waals surface area (Å²) in [5.41, 5.74) is 1.39. The van der Waals surface area contributed by atoms with Crippen LogP contribution in [-0.2, 0) is 10.0 Å². The molecule has 0 aliphatic heterocycles. The molecule has 3 aromatic rings. The zero-order valence-electron chi connectivity index (χ0n) is 15.9. The van der Waals surface area contributed by atoms with Crippen LogP contribution in [0, 0.1) is 0 Å². The first-order chi connectivity index (χ1) is 12.8. The lowest BCUT2D eigenvalue weighted by Gasteiger charge is -2.18. The van der Waals surface area contributed by atoms with Gasteiger partial charge in [0.05, 0.1) is 16.7 Å². The van der Waals surface area contributed by atoms with Crippen molar-refractivity contribution in [3.63, 3.8) is 0 Å². The molecule has 0 bridgehead atoms. The number of benzene rings is 3. The first-order valence-electron chi connectivity index (χ1n) is 8.77. The first kappa shape index (κ1) is 19.0. The molecule has 0 fully saturated rings. The molecule has 1 N–H and O–H groups in total. The van der Waals surface area contributed by atoms with Gasteiger partial charge < -0.3 is 9.64 Å². The summed E-state index contributed by atoms with van der Waals surface area (Å²) in [7, 11) is 0.0872. The molecule has 0 saturated heterocycles. The topological polar surface area (TPSA) is 58.6 Å². The summed E-state index contributed by atoms with van der Waals surface area (Å²) < 4.78 is 34.7. The fraction of sp³-hybridized carbons (Fsp3) is 0.238. The van der Waals surface area contributed by atoms with E-state index in [1.807, 2.05) is 63.2 Å². The minimum Gasteiger partial charge on any atom is -0.489 e. The Kier molecular flexibility index (Phi) is 5.28. The van der Waals surface area contributed by atoms with Crippen LogP contribution in [0.1, 0.15) is 13.8 Å². The Hall–Kier alpha value is -2.73. The van der Waals surface area contributed by atoms with E-state index in [0.717, 1.165) is 11.1 Å². The second-order valence-corrected chi connectivity index (χ2v) is 8.44. The Bertz CT molecular complexity index is 1060. The van der Waals surface area contributed by atoms with Gasteiger partial charge in [0.2, 0.25) is 0 Å². The van der Waals surface area contributed by atoms with Crippen molar-refractivity contribution in [3.8, 4) is 5.75 Å². The van der Waals surface area contributed by atoms with Gasteiger partial charge in [0.15, 0.2) is 0 Å². The summed E-state index contributed by atoms with van der Waals surface area (Å²) in [4.78, 5) is 2.21. The van der Waals surface area contributed by atoms with Crippen LogP contribution in [0.15, 0.2) is 65.6 Å². The molecule has 3 rings (SSSR count). The van der Waals surface area contributed by atoms with E-state index in [1.54, 1.807) is 30.3 Å². The minimum absolute atomic E-state index is 0.0594. The molecule has 0 saturated carbocycles. The second kappa shape index (κ2) is 7.48. The van der Waals surface area contributed by atoms with Gasteiger partial charge in [-0.25, -0.2) is 8.42 Å². The van der Waals surface area contributed by atoms with Gasteiger partial charge in [0.25, 0.3) is 10.0 Å². The van der Waals surface area contributed by atoms with Crippen LogP contribution in [0.5, 0.6) is 5.75 Å². The third-order valence-electron chi connectivity index (χ3n) is 4.12. The van der Waals surface area contributed by atoms with Gasteiger partial charge in [-0.1, -0.05) is 36.4 Å². The average Bonchev–Trinajstić information content (AvgIpc) is 2.61.